The van der Waals surface area contributed by atoms with E-state index >= 15 is 0 Å². The van der Waals surface area contributed by atoms with Crippen LogP contribution in [0.4, 0.5) is 0 Å². The van der Waals surface area contributed by atoms with E-state index in [0.29, 0.717) is 19.8 Å². The molecule has 0 aliphatic carbocycles. The molecule has 0 aliphatic heterocycles. The van der Waals surface area contributed by atoms with E-state index in [1.807, 2.05) is 6.92 Å². The molecular weight excluding hydrogens is 186 g/mol. The Balaban J connectivity index is 3.57. The van der Waals surface area contributed by atoms with Gasteiger partial charge in [0.2, 0.25) is 11.8 Å². The lowest BCUT2D eigenvalue weighted by Crippen LogP contribution is -2.43. The first-order chi connectivity index (χ1) is 6.57. The van der Waals surface area contributed by atoms with E-state index in [0.717, 1.165) is 0 Å². The maximum Gasteiger partial charge on any atom is 0.237 e. The van der Waals surface area contributed by atoms with Gasteiger partial charge in [-0.2, -0.15) is 0 Å². The minimum atomic E-state index is -0.867. The van der Waals surface area contributed by atoms with Crippen LogP contribution in [0.1, 0.15) is 13.3 Å². The van der Waals surface area contributed by atoms with Gasteiger partial charge in [0.1, 0.15) is 0 Å². The highest BCUT2D eigenvalue weighted by Crippen LogP contribution is 1.86. The van der Waals surface area contributed by atoms with Crippen LogP contribution in [0.25, 0.3) is 0 Å². The van der Waals surface area contributed by atoms with Crippen LogP contribution in [0.3, 0.4) is 0 Å². The van der Waals surface area contributed by atoms with Gasteiger partial charge in [-0.1, -0.05) is 0 Å². The highest BCUT2D eigenvalue weighted by molar-refractivity contribution is 5.87. The van der Waals surface area contributed by atoms with Crippen molar-refractivity contribution in [2.75, 3.05) is 19.8 Å². The van der Waals surface area contributed by atoms with Crippen LogP contribution in [0.5, 0.6) is 0 Å². The lowest BCUT2D eigenvalue weighted by atomic mass is 10.2. The SMILES string of the molecule is CCOCCNC(=O)C(N)CC(N)=O. The molecule has 0 spiro atoms. The van der Waals surface area contributed by atoms with Crippen molar-refractivity contribution < 1.29 is 14.3 Å². The number of amides is 2. The Morgan fingerprint density at radius 2 is 2.14 bits per heavy atom. The van der Waals surface area contributed by atoms with E-state index in [4.69, 9.17) is 16.2 Å². The van der Waals surface area contributed by atoms with Crippen molar-refractivity contribution in [3.05, 3.63) is 0 Å². The third-order valence-corrected chi connectivity index (χ3v) is 1.51. The van der Waals surface area contributed by atoms with E-state index in [1.54, 1.807) is 0 Å². The fourth-order valence-electron chi connectivity index (χ4n) is 0.831. The molecule has 5 N–H and O–H groups in total. The van der Waals surface area contributed by atoms with Gasteiger partial charge in [0.25, 0.3) is 0 Å². The smallest absolute Gasteiger partial charge is 0.237 e. The fourth-order valence-corrected chi connectivity index (χ4v) is 0.831. The predicted molar refractivity (Wildman–Crippen MR) is 51.3 cm³/mol. The monoisotopic (exact) mass is 203 g/mol. The second kappa shape index (κ2) is 7.28. The Labute approximate surface area is 83.0 Å². The Bertz CT molecular complexity index is 196. The molecular formula is C8H17N3O3. The van der Waals surface area contributed by atoms with Crippen LogP contribution in [0.2, 0.25) is 0 Å². The van der Waals surface area contributed by atoms with Crippen molar-refractivity contribution in [3.63, 3.8) is 0 Å². The zero-order valence-corrected chi connectivity index (χ0v) is 8.29. The first-order valence-corrected chi connectivity index (χ1v) is 4.47. The van der Waals surface area contributed by atoms with Gasteiger partial charge in [-0.3, -0.25) is 9.59 Å². The van der Waals surface area contributed by atoms with Crippen LogP contribution in [0, 0.1) is 0 Å². The number of carbonyl (C=O) groups excluding carboxylic acids is 2. The molecule has 0 heterocycles. The number of ether oxygens (including phenoxy) is 1. The Morgan fingerprint density at radius 3 is 2.64 bits per heavy atom. The third-order valence-electron chi connectivity index (χ3n) is 1.51. The Hall–Kier alpha value is -1.14. The topological polar surface area (TPSA) is 107 Å². The number of carbonyl (C=O) groups is 2. The van der Waals surface area contributed by atoms with Gasteiger partial charge >= 0.3 is 0 Å². The molecule has 0 saturated carbocycles. The molecule has 0 radical (unpaired) electrons. The minimum Gasteiger partial charge on any atom is -0.380 e. The van der Waals surface area contributed by atoms with Gasteiger partial charge < -0.3 is 21.5 Å². The lowest BCUT2D eigenvalue weighted by molar-refractivity contribution is -0.126. The summed E-state index contributed by atoms with van der Waals surface area (Å²) in [5.41, 5.74) is 10.3. The summed E-state index contributed by atoms with van der Waals surface area (Å²) in [5, 5.41) is 2.53. The first kappa shape index (κ1) is 12.9. The first-order valence-electron chi connectivity index (χ1n) is 4.47. The maximum atomic E-state index is 11.1. The average Bonchev–Trinajstić information content (AvgIpc) is 2.11. The number of rotatable bonds is 7. The van der Waals surface area contributed by atoms with Gasteiger partial charge in [-0.05, 0) is 6.92 Å². The molecule has 0 saturated heterocycles. The van der Waals surface area contributed by atoms with Gasteiger partial charge in [0, 0.05) is 13.2 Å². The highest BCUT2D eigenvalue weighted by atomic mass is 16.5. The van der Waals surface area contributed by atoms with Crippen LogP contribution in [-0.4, -0.2) is 37.6 Å². The number of hydrogen-bond acceptors (Lipinski definition) is 4. The van der Waals surface area contributed by atoms with Gasteiger partial charge in [0.15, 0.2) is 0 Å². The van der Waals surface area contributed by atoms with Crippen LogP contribution < -0.4 is 16.8 Å². The molecule has 0 aliphatic rings. The minimum absolute atomic E-state index is 0.138. The summed E-state index contributed by atoms with van der Waals surface area (Å²) in [4.78, 5) is 21.6. The largest absolute Gasteiger partial charge is 0.380 e. The standard InChI is InChI=1S/C8H17N3O3/c1-2-14-4-3-11-8(13)6(9)5-7(10)12/h6H,2-5,9H2,1H3,(H2,10,12)(H,11,13). The Kier molecular flexibility index (Phi) is 6.69. The molecule has 0 fully saturated rings. The third kappa shape index (κ3) is 6.38. The Morgan fingerprint density at radius 1 is 1.50 bits per heavy atom. The number of nitrogens with one attached hydrogen (secondary N) is 1. The molecule has 0 aromatic carbocycles. The van der Waals surface area contributed by atoms with Crippen molar-refractivity contribution in [2.45, 2.75) is 19.4 Å². The molecule has 0 aromatic rings. The summed E-state index contributed by atoms with van der Waals surface area (Å²) in [6, 6.07) is -0.867. The number of hydrogen-bond donors (Lipinski definition) is 3. The summed E-state index contributed by atoms with van der Waals surface area (Å²) in [5.74, 6) is -0.971. The van der Waals surface area contributed by atoms with Gasteiger partial charge in [-0.25, -0.2) is 0 Å². The number of nitrogens with two attached hydrogens (primary N) is 2. The van der Waals surface area contributed by atoms with Crippen molar-refractivity contribution in [1.82, 2.24) is 5.32 Å². The van der Waals surface area contributed by atoms with E-state index in [2.05, 4.69) is 5.32 Å². The molecule has 1 atom stereocenters. The average molecular weight is 203 g/mol. The maximum absolute atomic E-state index is 11.1. The molecule has 6 nitrogen and oxygen atoms in total. The summed E-state index contributed by atoms with van der Waals surface area (Å²) in [6.07, 6.45) is -0.138. The normalized spacial score (nSPS) is 12.1. The molecule has 14 heavy (non-hydrogen) atoms. The van der Waals surface area contributed by atoms with Crippen LogP contribution >= 0.6 is 0 Å². The second-order valence-corrected chi connectivity index (χ2v) is 2.76. The molecule has 82 valence electrons. The predicted octanol–water partition coefficient (Wildman–Crippen LogP) is -1.66. The summed E-state index contributed by atoms with van der Waals surface area (Å²) in [7, 11) is 0. The van der Waals surface area contributed by atoms with Crippen molar-refractivity contribution in [1.29, 1.82) is 0 Å². The molecule has 6 heteroatoms. The fraction of sp³-hybridized carbons (Fsp3) is 0.750. The summed E-state index contributed by atoms with van der Waals surface area (Å²) >= 11 is 0. The van der Waals surface area contributed by atoms with Crippen molar-refractivity contribution >= 4 is 11.8 Å². The zero-order chi connectivity index (χ0) is 11.0. The van der Waals surface area contributed by atoms with Crippen molar-refractivity contribution in [3.8, 4) is 0 Å². The van der Waals surface area contributed by atoms with Crippen molar-refractivity contribution in [2.24, 2.45) is 11.5 Å². The van der Waals surface area contributed by atoms with Gasteiger partial charge in [0.05, 0.1) is 19.1 Å². The molecule has 0 rings (SSSR count). The second-order valence-electron chi connectivity index (χ2n) is 2.76. The van der Waals surface area contributed by atoms with Crippen LogP contribution in [-0.2, 0) is 14.3 Å². The highest BCUT2D eigenvalue weighted by Gasteiger charge is 2.14. The quantitative estimate of drug-likeness (QED) is 0.430. The molecule has 0 bridgehead atoms. The van der Waals surface area contributed by atoms with E-state index in [-0.39, 0.29) is 12.3 Å². The molecule has 2 amide bonds. The lowest BCUT2D eigenvalue weighted by Gasteiger charge is -2.10. The summed E-state index contributed by atoms with van der Waals surface area (Å²) in [6.45, 7) is 3.29. The van der Waals surface area contributed by atoms with E-state index in [1.165, 1.54) is 0 Å². The van der Waals surface area contributed by atoms with Gasteiger partial charge in [-0.15, -0.1) is 0 Å². The molecule has 1 unspecified atom stereocenters. The molecule has 0 aromatic heterocycles. The number of primary amides is 1. The van der Waals surface area contributed by atoms with Crippen LogP contribution in [0.15, 0.2) is 0 Å². The zero-order valence-electron chi connectivity index (χ0n) is 8.29. The van der Waals surface area contributed by atoms with E-state index in [9.17, 15) is 9.59 Å². The summed E-state index contributed by atoms with van der Waals surface area (Å²) < 4.78 is 5.00. The van der Waals surface area contributed by atoms with E-state index < -0.39 is 11.9 Å².